The third-order valence-corrected chi connectivity index (χ3v) is 6.32. The van der Waals surface area contributed by atoms with E-state index in [1.807, 2.05) is 0 Å². The second-order valence-electron chi connectivity index (χ2n) is 6.48. The predicted molar refractivity (Wildman–Crippen MR) is 107 cm³/mol. The maximum atomic E-state index is 13.2. The Kier molecular flexibility index (Phi) is 7.32. The first-order valence-corrected chi connectivity index (χ1v) is 10.4. The molecule has 0 atom stereocenters. The van der Waals surface area contributed by atoms with Crippen LogP contribution in [0.4, 0.5) is 5.69 Å². The van der Waals surface area contributed by atoms with Crippen LogP contribution in [0, 0.1) is 6.92 Å². The molecule has 0 saturated carbocycles. The van der Waals surface area contributed by atoms with Crippen molar-refractivity contribution in [2.45, 2.75) is 11.8 Å². The van der Waals surface area contributed by atoms with Crippen molar-refractivity contribution in [3.8, 4) is 11.5 Å². The van der Waals surface area contributed by atoms with E-state index in [0.29, 0.717) is 17.2 Å². The Morgan fingerprint density at radius 1 is 1.09 bits per heavy atom. The first-order valence-electron chi connectivity index (χ1n) is 8.92. The minimum absolute atomic E-state index is 0. The molecule has 0 spiro atoms. The van der Waals surface area contributed by atoms with Crippen LogP contribution in [0.15, 0.2) is 64.4 Å². The van der Waals surface area contributed by atoms with Crippen LogP contribution in [-0.2, 0) is 10.0 Å². The van der Waals surface area contributed by atoms with Crippen LogP contribution in [0.2, 0.25) is 0 Å². The smallest absolute Gasteiger partial charge is 0.545 e. The van der Waals surface area contributed by atoms with Gasteiger partial charge in [-0.25, -0.2) is 13.4 Å². The predicted octanol–water partition coefficient (Wildman–Crippen LogP) is -1.09. The number of anilines is 1. The maximum Gasteiger partial charge on any atom is 1.00 e. The van der Waals surface area contributed by atoms with Gasteiger partial charge in [0.05, 0.1) is 27.6 Å². The summed E-state index contributed by atoms with van der Waals surface area (Å²) in [5, 5.41) is 15.6. The van der Waals surface area contributed by atoms with Crippen molar-refractivity contribution >= 4 is 32.8 Å². The Morgan fingerprint density at radius 2 is 1.72 bits per heavy atom. The van der Waals surface area contributed by atoms with E-state index in [9.17, 15) is 18.3 Å². The van der Waals surface area contributed by atoms with Crippen LogP contribution in [0.25, 0.3) is 11.1 Å². The number of nitrogens with zero attached hydrogens (tertiary/aromatic N) is 4. The number of aryl methyl sites for hydroxylation is 1. The molecule has 12 heteroatoms. The number of benzene rings is 1. The third-order valence-electron chi connectivity index (χ3n) is 4.55. The first-order chi connectivity index (χ1) is 14.8. The Hall–Kier alpha value is -2.35. The monoisotopic (exact) mass is 478 g/mol. The summed E-state index contributed by atoms with van der Waals surface area (Å²) in [6.07, 6.45) is 4.12. The van der Waals surface area contributed by atoms with E-state index in [2.05, 4.69) is 15.1 Å². The molecule has 0 aliphatic rings. The van der Waals surface area contributed by atoms with Crippen LogP contribution in [0.1, 0.15) is 16.1 Å². The average Bonchev–Trinajstić information content (AvgIpc) is 3.14. The van der Waals surface area contributed by atoms with E-state index >= 15 is 0 Å². The topological polar surface area (TPSA) is 139 Å². The number of fused-ring (bicyclic) bond motifs is 1. The fourth-order valence-corrected chi connectivity index (χ4v) is 4.24. The minimum atomic E-state index is -4.14. The fourth-order valence-electron chi connectivity index (χ4n) is 3.01. The number of sulfonamides is 1. The quantitative estimate of drug-likeness (QED) is 0.316. The Morgan fingerprint density at radius 3 is 2.34 bits per heavy atom. The molecule has 10 nitrogen and oxygen atoms in total. The van der Waals surface area contributed by atoms with Gasteiger partial charge >= 0.3 is 51.4 Å². The number of pyridine rings is 2. The first kappa shape index (κ1) is 24.3. The van der Waals surface area contributed by atoms with Gasteiger partial charge in [0.15, 0.2) is 0 Å². The number of carboxylic acids is 1. The number of hydrogen-bond donors (Lipinski definition) is 0. The largest absolute Gasteiger partial charge is 1.00 e. The van der Waals surface area contributed by atoms with Gasteiger partial charge in [-0.2, -0.15) is 0 Å². The molecule has 4 aromatic rings. The SMILES string of the molecule is Cc1noc2ncc(C(=O)[O-])c(N(C)S(=O)(=O)c3ccc(Oc4ccncc4)cc3)c12.[K+]. The standard InChI is InChI=1S/C20H16N4O6S.K/c1-12-17-18(16(20(25)26)11-22-19(17)30-23-12)24(2)31(27,28)15-5-3-13(4-6-15)29-14-7-9-21-10-8-14;/h3-11H,1-2H3,(H,25,26);/q;+1/p-1. The molecule has 3 heterocycles. The van der Waals surface area contributed by atoms with Crippen LogP contribution in [0.3, 0.4) is 0 Å². The summed E-state index contributed by atoms with van der Waals surface area (Å²) in [6.45, 7) is 1.56. The van der Waals surface area contributed by atoms with Gasteiger partial charge < -0.3 is 19.2 Å². The molecular weight excluding hydrogens is 463 g/mol. The molecule has 158 valence electrons. The number of hydrogen-bond acceptors (Lipinski definition) is 9. The van der Waals surface area contributed by atoms with Gasteiger partial charge in [-0.1, -0.05) is 5.16 Å². The van der Waals surface area contributed by atoms with Crippen molar-refractivity contribution in [2.75, 3.05) is 11.4 Å². The average molecular weight is 479 g/mol. The number of ether oxygens (including phenoxy) is 1. The molecule has 0 amide bonds. The van der Waals surface area contributed by atoms with E-state index in [0.717, 1.165) is 10.5 Å². The van der Waals surface area contributed by atoms with Crippen LogP contribution in [-0.4, -0.2) is 36.6 Å². The summed E-state index contributed by atoms with van der Waals surface area (Å²) in [4.78, 5) is 19.3. The molecule has 0 unspecified atom stereocenters. The van der Waals surface area contributed by atoms with Gasteiger partial charge in [-0.05, 0) is 43.3 Å². The summed E-state index contributed by atoms with van der Waals surface area (Å²) >= 11 is 0. The maximum absolute atomic E-state index is 13.2. The molecule has 0 radical (unpaired) electrons. The van der Waals surface area contributed by atoms with Crippen LogP contribution >= 0.6 is 0 Å². The number of carbonyl (C=O) groups excluding carboxylic acids is 1. The van der Waals surface area contributed by atoms with Crippen molar-refractivity contribution in [3.63, 3.8) is 0 Å². The van der Waals surface area contributed by atoms with E-state index in [-0.39, 0.29) is 73.1 Å². The number of carboxylic acid groups (broad SMARTS) is 1. The summed E-state index contributed by atoms with van der Waals surface area (Å²) in [5.41, 5.74) is -0.229. The summed E-state index contributed by atoms with van der Waals surface area (Å²) < 4.78 is 38.0. The van der Waals surface area contributed by atoms with Gasteiger partial charge in [-0.15, -0.1) is 0 Å². The van der Waals surface area contributed by atoms with E-state index in [4.69, 9.17) is 9.26 Å². The van der Waals surface area contributed by atoms with Crippen LogP contribution in [0.5, 0.6) is 11.5 Å². The van der Waals surface area contributed by atoms with Crippen molar-refractivity contribution in [2.24, 2.45) is 0 Å². The van der Waals surface area contributed by atoms with Crippen molar-refractivity contribution in [1.29, 1.82) is 0 Å². The third kappa shape index (κ3) is 4.56. The Labute approximate surface area is 225 Å². The fraction of sp³-hybridized carbons (Fsp3) is 0.100. The van der Waals surface area contributed by atoms with Crippen molar-refractivity contribution in [3.05, 3.63) is 66.2 Å². The minimum Gasteiger partial charge on any atom is -0.545 e. The van der Waals surface area contributed by atoms with E-state index in [1.54, 1.807) is 31.5 Å². The van der Waals surface area contributed by atoms with Gasteiger partial charge in [0, 0.05) is 31.2 Å². The zero-order chi connectivity index (χ0) is 22.2. The summed E-state index contributed by atoms with van der Waals surface area (Å²) in [7, 11) is -2.90. The number of carbonyl (C=O) groups is 1. The molecule has 0 bridgehead atoms. The molecule has 0 N–H and O–H groups in total. The van der Waals surface area contributed by atoms with Crippen molar-refractivity contribution < 1.29 is 79.0 Å². The van der Waals surface area contributed by atoms with Crippen LogP contribution < -0.4 is 65.5 Å². The molecule has 3 aromatic heterocycles. The molecule has 32 heavy (non-hydrogen) atoms. The molecule has 0 aliphatic carbocycles. The second kappa shape index (κ2) is 9.64. The van der Waals surface area contributed by atoms with Crippen molar-refractivity contribution in [1.82, 2.24) is 15.1 Å². The van der Waals surface area contributed by atoms with E-state index in [1.165, 1.54) is 31.3 Å². The summed E-state index contributed by atoms with van der Waals surface area (Å²) in [6, 6.07) is 9.03. The number of aromatic nitrogens is 3. The molecule has 0 aliphatic heterocycles. The van der Waals surface area contributed by atoms with Gasteiger partial charge in [0.2, 0.25) is 0 Å². The van der Waals surface area contributed by atoms with Gasteiger partial charge in [-0.3, -0.25) is 9.29 Å². The molecule has 0 saturated heterocycles. The number of rotatable bonds is 6. The zero-order valence-electron chi connectivity index (χ0n) is 17.3. The molecular formula is C20H15KN4O6S. The van der Waals surface area contributed by atoms with Gasteiger partial charge in [0.1, 0.15) is 11.5 Å². The molecule has 0 fully saturated rings. The summed E-state index contributed by atoms with van der Waals surface area (Å²) in [5.74, 6) is -0.610. The number of aromatic carboxylic acids is 1. The molecule has 1 aromatic carbocycles. The second-order valence-corrected chi connectivity index (χ2v) is 8.45. The molecule has 4 rings (SSSR count). The normalized spacial score (nSPS) is 11.1. The van der Waals surface area contributed by atoms with E-state index < -0.39 is 21.6 Å². The van der Waals surface area contributed by atoms with Gasteiger partial charge in [0.25, 0.3) is 15.7 Å². The zero-order valence-corrected chi connectivity index (χ0v) is 21.3. The Bertz CT molecular complexity index is 1370. The Balaban J connectivity index is 0.00000289.